The molecule has 0 aromatic heterocycles. The van der Waals surface area contributed by atoms with Gasteiger partial charge in [-0.3, -0.25) is 9.59 Å². The molecule has 2 rings (SSSR count). The molecule has 0 fully saturated rings. The van der Waals surface area contributed by atoms with Crippen LogP contribution < -0.4 is 19.8 Å². The third kappa shape index (κ3) is 3.98. The molecular formula is C20H24O6Si. The summed E-state index contributed by atoms with van der Waals surface area (Å²) < 4.78 is 21.1. The number of benzene rings is 2. The van der Waals surface area contributed by atoms with Crippen LogP contribution in [0.4, 0.5) is 9.59 Å². The molecule has 2 aromatic rings. The molecule has 0 aliphatic heterocycles. The Kier molecular flexibility index (Phi) is 7.01. The number of methoxy groups -OCH3 is 2. The molecule has 0 amide bonds. The second-order valence-corrected chi connectivity index (χ2v) is 9.12. The van der Waals surface area contributed by atoms with Gasteiger partial charge in [0.15, 0.2) is 0 Å². The molecule has 2 aromatic carbocycles. The van der Waals surface area contributed by atoms with Crippen molar-refractivity contribution < 1.29 is 28.5 Å². The van der Waals surface area contributed by atoms with Gasteiger partial charge in [-0.15, -0.1) is 0 Å². The van der Waals surface area contributed by atoms with Crippen molar-refractivity contribution in [2.75, 3.05) is 27.4 Å². The SMILES string of the molecule is CCOC(=O)[Si](C(=O)OCC)(c1ccc(OC)cc1)c1ccc(OC)cc1. The van der Waals surface area contributed by atoms with Crippen molar-refractivity contribution in [3.05, 3.63) is 48.5 Å². The van der Waals surface area contributed by atoms with E-state index in [0.29, 0.717) is 21.9 Å². The van der Waals surface area contributed by atoms with Crippen LogP contribution in [0.3, 0.4) is 0 Å². The van der Waals surface area contributed by atoms with Gasteiger partial charge in [0, 0.05) is 0 Å². The molecule has 0 aliphatic carbocycles. The zero-order chi connectivity index (χ0) is 19.9. The largest absolute Gasteiger partial charge is 0.497 e. The summed E-state index contributed by atoms with van der Waals surface area (Å²) in [6, 6.07) is 13.8. The van der Waals surface area contributed by atoms with Crippen LogP contribution in [-0.2, 0) is 9.47 Å². The Morgan fingerprint density at radius 2 is 1.04 bits per heavy atom. The van der Waals surface area contributed by atoms with Crippen molar-refractivity contribution in [1.29, 1.82) is 0 Å². The monoisotopic (exact) mass is 388 g/mol. The summed E-state index contributed by atoms with van der Waals surface area (Å²) in [5, 5.41) is 1.15. The number of carbonyl (C=O) groups excluding carboxylic acids is 2. The summed E-state index contributed by atoms with van der Waals surface area (Å²) in [6.07, 6.45) is 0. The van der Waals surface area contributed by atoms with Crippen LogP contribution in [-0.4, -0.2) is 46.7 Å². The fraction of sp³-hybridized carbons (Fsp3) is 0.300. The fourth-order valence-electron chi connectivity index (χ4n) is 2.88. The average molecular weight is 388 g/mol. The van der Waals surface area contributed by atoms with Gasteiger partial charge in [0.05, 0.1) is 27.4 Å². The minimum Gasteiger partial charge on any atom is -0.497 e. The highest BCUT2D eigenvalue weighted by molar-refractivity contribution is 7.37. The van der Waals surface area contributed by atoms with Crippen molar-refractivity contribution in [2.45, 2.75) is 13.8 Å². The van der Waals surface area contributed by atoms with Gasteiger partial charge in [0.2, 0.25) is 0 Å². The van der Waals surface area contributed by atoms with Crippen LogP contribution in [0.25, 0.3) is 0 Å². The van der Waals surface area contributed by atoms with E-state index >= 15 is 0 Å². The molecule has 0 heterocycles. The van der Waals surface area contributed by atoms with E-state index in [0.717, 1.165) is 0 Å². The zero-order valence-corrected chi connectivity index (χ0v) is 17.0. The van der Waals surface area contributed by atoms with E-state index < -0.39 is 19.3 Å². The Morgan fingerprint density at radius 3 is 1.30 bits per heavy atom. The first-order chi connectivity index (χ1) is 13.0. The molecule has 0 atom stereocenters. The third-order valence-electron chi connectivity index (χ3n) is 4.21. The molecule has 0 saturated heterocycles. The normalized spacial score (nSPS) is 10.8. The summed E-state index contributed by atoms with van der Waals surface area (Å²) in [4.78, 5) is 26.3. The molecule has 0 bridgehead atoms. The molecule has 0 N–H and O–H groups in total. The van der Waals surface area contributed by atoms with Gasteiger partial charge >= 0.3 is 8.07 Å². The lowest BCUT2D eigenvalue weighted by molar-refractivity contribution is 0.168. The van der Waals surface area contributed by atoms with Gasteiger partial charge in [0.25, 0.3) is 11.2 Å². The molecular weight excluding hydrogens is 364 g/mol. The Labute approximate surface area is 160 Å². The fourth-order valence-corrected chi connectivity index (χ4v) is 6.38. The van der Waals surface area contributed by atoms with E-state index in [1.165, 1.54) is 0 Å². The Balaban J connectivity index is 2.74. The van der Waals surface area contributed by atoms with Gasteiger partial charge in [-0.25, -0.2) is 0 Å². The van der Waals surface area contributed by atoms with Gasteiger partial charge in [-0.1, -0.05) is 24.3 Å². The first-order valence-electron chi connectivity index (χ1n) is 8.68. The molecule has 6 nitrogen and oxygen atoms in total. The summed E-state index contributed by atoms with van der Waals surface area (Å²) in [5.41, 5.74) is -1.11. The summed E-state index contributed by atoms with van der Waals surface area (Å²) in [6.45, 7) is 3.76. The lowest BCUT2D eigenvalue weighted by atomic mass is 10.3. The van der Waals surface area contributed by atoms with Crippen molar-refractivity contribution in [3.63, 3.8) is 0 Å². The van der Waals surface area contributed by atoms with Crippen LogP contribution in [0.1, 0.15) is 13.8 Å². The van der Waals surface area contributed by atoms with Crippen molar-refractivity contribution >= 4 is 29.6 Å². The Hall–Kier alpha value is -2.80. The summed E-state index contributed by atoms with van der Waals surface area (Å²) in [7, 11) is -0.590. The average Bonchev–Trinajstić information content (AvgIpc) is 2.70. The molecule has 0 spiro atoms. The topological polar surface area (TPSA) is 71.1 Å². The quantitative estimate of drug-likeness (QED) is 0.648. The Morgan fingerprint density at radius 1 is 0.704 bits per heavy atom. The minimum atomic E-state index is -3.70. The highest BCUT2D eigenvalue weighted by Gasteiger charge is 2.56. The number of rotatable bonds is 8. The first kappa shape index (κ1) is 20.5. The lowest BCUT2D eigenvalue weighted by Gasteiger charge is -2.27. The van der Waals surface area contributed by atoms with E-state index in [1.807, 2.05) is 0 Å². The molecule has 7 heteroatoms. The maximum atomic E-state index is 13.2. The van der Waals surface area contributed by atoms with E-state index in [9.17, 15) is 9.59 Å². The van der Waals surface area contributed by atoms with Gasteiger partial charge in [-0.2, -0.15) is 0 Å². The van der Waals surface area contributed by atoms with Gasteiger partial charge in [0.1, 0.15) is 11.5 Å². The van der Waals surface area contributed by atoms with Gasteiger partial charge in [-0.05, 0) is 48.5 Å². The lowest BCUT2D eigenvalue weighted by Crippen LogP contribution is -2.70. The van der Waals surface area contributed by atoms with Crippen LogP contribution in [0, 0.1) is 0 Å². The molecule has 27 heavy (non-hydrogen) atoms. The second kappa shape index (κ2) is 9.23. The number of hydrogen-bond acceptors (Lipinski definition) is 6. The molecule has 0 radical (unpaired) electrons. The maximum Gasteiger partial charge on any atom is 0.370 e. The van der Waals surface area contributed by atoms with E-state index in [1.54, 1.807) is 76.6 Å². The first-order valence-corrected chi connectivity index (χ1v) is 10.7. The highest BCUT2D eigenvalue weighted by Crippen LogP contribution is 2.18. The minimum absolute atomic E-state index is 0.166. The molecule has 0 unspecified atom stereocenters. The number of hydrogen-bond donors (Lipinski definition) is 0. The predicted molar refractivity (Wildman–Crippen MR) is 105 cm³/mol. The van der Waals surface area contributed by atoms with Crippen LogP contribution in [0.5, 0.6) is 11.5 Å². The Bertz CT molecular complexity index is 703. The van der Waals surface area contributed by atoms with E-state index in [-0.39, 0.29) is 13.2 Å². The number of carbonyl (C=O) groups is 2. The van der Waals surface area contributed by atoms with Crippen LogP contribution >= 0.6 is 0 Å². The van der Waals surface area contributed by atoms with Crippen molar-refractivity contribution in [1.82, 2.24) is 0 Å². The molecule has 0 aliphatic rings. The van der Waals surface area contributed by atoms with Gasteiger partial charge < -0.3 is 18.9 Å². The van der Waals surface area contributed by atoms with Crippen molar-refractivity contribution in [2.24, 2.45) is 0 Å². The van der Waals surface area contributed by atoms with E-state index in [2.05, 4.69) is 0 Å². The second-order valence-electron chi connectivity index (χ2n) is 5.65. The highest BCUT2D eigenvalue weighted by atomic mass is 28.3. The summed E-state index contributed by atoms with van der Waals surface area (Å²) in [5.74, 6) is 1.26. The maximum absolute atomic E-state index is 13.2. The summed E-state index contributed by atoms with van der Waals surface area (Å²) >= 11 is 0. The van der Waals surface area contributed by atoms with Crippen LogP contribution in [0.2, 0.25) is 0 Å². The van der Waals surface area contributed by atoms with Crippen LogP contribution in [0.15, 0.2) is 48.5 Å². The zero-order valence-electron chi connectivity index (χ0n) is 16.0. The third-order valence-corrected chi connectivity index (χ3v) is 8.12. The van der Waals surface area contributed by atoms with Crippen molar-refractivity contribution in [3.8, 4) is 11.5 Å². The number of ether oxygens (including phenoxy) is 4. The molecule has 0 saturated carbocycles. The smallest absolute Gasteiger partial charge is 0.370 e. The predicted octanol–water partition coefficient (Wildman–Crippen LogP) is 2.74. The van der Waals surface area contributed by atoms with E-state index in [4.69, 9.17) is 18.9 Å². The standard InChI is InChI=1S/C20H24O6Si/c1-5-25-19(21)27(20(22)26-6-2,17-11-7-15(23-3)8-12-17)18-13-9-16(24-4)10-14-18/h7-14H,5-6H2,1-4H3. The molecule has 144 valence electrons.